The number of aryl methyl sites for hydroxylation is 3. The van der Waals surface area contributed by atoms with E-state index in [0.717, 1.165) is 42.1 Å². The van der Waals surface area contributed by atoms with Crippen LogP contribution >= 0.6 is 0 Å². The van der Waals surface area contributed by atoms with Gasteiger partial charge in [0.05, 0.1) is 18.0 Å². The summed E-state index contributed by atoms with van der Waals surface area (Å²) in [6.45, 7) is 6.16. The number of hydrogen-bond acceptors (Lipinski definition) is 5. The van der Waals surface area contributed by atoms with E-state index in [1.807, 2.05) is 26.8 Å². The van der Waals surface area contributed by atoms with Crippen molar-refractivity contribution in [2.45, 2.75) is 53.0 Å². The molecular weight excluding hydrogens is 394 g/mol. The fourth-order valence-electron chi connectivity index (χ4n) is 3.96. The summed E-state index contributed by atoms with van der Waals surface area (Å²) in [5.74, 6) is 0.826. The number of carbonyl (C=O) groups excluding carboxylic acids is 1. The summed E-state index contributed by atoms with van der Waals surface area (Å²) in [4.78, 5) is 30.9. The fourth-order valence-corrected chi connectivity index (χ4v) is 3.96. The van der Waals surface area contributed by atoms with E-state index in [9.17, 15) is 9.59 Å². The lowest BCUT2D eigenvalue weighted by Gasteiger charge is -2.20. The molecule has 8 nitrogen and oxygen atoms in total. The molecule has 3 aromatic rings. The zero-order valence-corrected chi connectivity index (χ0v) is 18.1. The van der Waals surface area contributed by atoms with Crippen LogP contribution in [0.5, 0.6) is 5.75 Å². The molecule has 1 N–H and O–H groups in total. The minimum Gasteiger partial charge on any atom is -0.494 e. The molecule has 1 aliphatic rings. The Morgan fingerprint density at radius 2 is 1.90 bits per heavy atom. The first-order valence-corrected chi connectivity index (χ1v) is 10.6. The molecule has 0 atom stereocenters. The summed E-state index contributed by atoms with van der Waals surface area (Å²) in [6, 6.07) is 9.08. The lowest BCUT2D eigenvalue weighted by atomic mass is 9.97. The molecule has 0 radical (unpaired) electrons. The highest BCUT2D eigenvalue weighted by Crippen LogP contribution is 2.19. The highest BCUT2D eigenvalue weighted by atomic mass is 16.5. The minimum absolute atomic E-state index is 0.139. The molecule has 0 fully saturated rings. The Bertz CT molecular complexity index is 1160. The van der Waals surface area contributed by atoms with Crippen LogP contribution in [0.4, 0.5) is 5.69 Å². The van der Waals surface area contributed by atoms with Crippen LogP contribution in [0.2, 0.25) is 0 Å². The number of aromatic nitrogens is 4. The van der Waals surface area contributed by atoms with E-state index >= 15 is 0 Å². The van der Waals surface area contributed by atoms with Gasteiger partial charge in [-0.05, 0) is 76.8 Å². The molecule has 0 aliphatic heterocycles. The summed E-state index contributed by atoms with van der Waals surface area (Å²) >= 11 is 0. The van der Waals surface area contributed by atoms with Crippen molar-refractivity contribution in [1.29, 1.82) is 0 Å². The fraction of sp³-hybridized carbons (Fsp3) is 0.391. The average molecular weight is 422 g/mol. The van der Waals surface area contributed by atoms with Crippen molar-refractivity contribution >= 4 is 11.6 Å². The number of ether oxygens (including phenoxy) is 1. The van der Waals surface area contributed by atoms with E-state index < -0.39 is 0 Å². The van der Waals surface area contributed by atoms with Crippen molar-refractivity contribution in [3.8, 4) is 11.7 Å². The Kier molecular flexibility index (Phi) is 5.88. The van der Waals surface area contributed by atoms with Gasteiger partial charge < -0.3 is 10.1 Å². The summed E-state index contributed by atoms with van der Waals surface area (Å²) < 4.78 is 8.52. The third-order valence-corrected chi connectivity index (χ3v) is 5.37. The lowest BCUT2D eigenvalue weighted by molar-refractivity contribution is -0.116. The number of amides is 1. The Hall–Kier alpha value is -3.42. The zero-order valence-electron chi connectivity index (χ0n) is 18.1. The maximum absolute atomic E-state index is 13.3. The van der Waals surface area contributed by atoms with Crippen molar-refractivity contribution < 1.29 is 9.53 Å². The number of benzene rings is 1. The maximum atomic E-state index is 13.3. The summed E-state index contributed by atoms with van der Waals surface area (Å²) in [6.07, 6.45) is 3.44. The van der Waals surface area contributed by atoms with Crippen LogP contribution in [0.25, 0.3) is 5.95 Å². The predicted octanol–water partition coefficient (Wildman–Crippen LogP) is 2.96. The first-order chi connectivity index (χ1) is 15.0. The van der Waals surface area contributed by atoms with E-state index in [-0.39, 0.29) is 18.0 Å². The van der Waals surface area contributed by atoms with Crippen LogP contribution in [-0.2, 0) is 24.2 Å². The molecule has 1 amide bonds. The molecule has 1 aliphatic carbocycles. The molecule has 0 unspecified atom stereocenters. The molecule has 162 valence electrons. The van der Waals surface area contributed by atoms with E-state index in [0.29, 0.717) is 30.2 Å². The van der Waals surface area contributed by atoms with Gasteiger partial charge in [-0.25, -0.2) is 9.67 Å². The van der Waals surface area contributed by atoms with Gasteiger partial charge in [-0.15, -0.1) is 0 Å². The molecule has 0 bridgehead atoms. The number of hydrogen-bond donors (Lipinski definition) is 1. The number of rotatable bonds is 6. The van der Waals surface area contributed by atoms with Gasteiger partial charge in [0, 0.05) is 16.9 Å². The van der Waals surface area contributed by atoms with Gasteiger partial charge in [-0.1, -0.05) is 0 Å². The SMILES string of the molecule is CCOc1ccc(NC(=O)Cn2c(-n3nc(C)cc3C)nc3c(c2=O)CCCC3)cc1. The van der Waals surface area contributed by atoms with Crippen LogP contribution in [0.1, 0.15) is 42.4 Å². The number of fused-ring (bicyclic) bond motifs is 1. The smallest absolute Gasteiger partial charge is 0.258 e. The lowest BCUT2D eigenvalue weighted by Crippen LogP contribution is -2.35. The molecule has 2 aromatic heterocycles. The number of carbonyl (C=O) groups is 1. The molecule has 0 saturated carbocycles. The van der Waals surface area contributed by atoms with Gasteiger partial charge in [-0.2, -0.15) is 5.10 Å². The third kappa shape index (κ3) is 4.38. The molecule has 8 heteroatoms. The highest BCUT2D eigenvalue weighted by Gasteiger charge is 2.22. The molecular formula is C23H27N5O3. The molecule has 31 heavy (non-hydrogen) atoms. The standard InChI is InChI=1S/C23H27N5O3/c1-4-31-18-11-9-17(10-12-18)24-21(29)14-27-22(30)19-7-5-6-8-20(19)25-23(27)28-16(3)13-15(2)26-28/h9-13H,4-8,14H2,1-3H3,(H,24,29). The van der Waals surface area contributed by atoms with Gasteiger partial charge in [0.1, 0.15) is 12.3 Å². The van der Waals surface area contributed by atoms with Gasteiger partial charge in [-0.3, -0.25) is 14.2 Å². The van der Waals surface area contributed by atoms with E-state index in [1.54, 1.807) is 28.9 Å². The second kappa shape index (κ2) is 8.75. The second-order valence-corrected chi connectivity index (χ2v) is 7.78. The normalized spacial score (nSPS) is 13.0. The maximum Gasteiger partial charge on any atom is 0.258 e. The van der Waals surface area contributed by atoms with Gasteiger partial charge in [0.25, 0.3) is 5.56 Å². The third-order valence-electron chi connectivity index (χ3n) is 5.37. The van der Waals surface area contributed by atoms with Gasteiger partial charge in [0.15, 0.2) is 0 Å². The zero-order chi connectivity index (χ0) is 22.0. The Morgan fingerprint density at radius 1 is 1.16 bits per heavy atom. The number of nitrogens with zero attached hydrogens (tertiary/aromatic N) is 4. The molecule has 0 saturated heterocycles. The molecule has 0 spiro atoms. The van der Waals surface area contributed by atoms with Crippen molar-refractivity contribution in [2.24, 2.45) is 0 Å². The molecule has 2 heterocycles. The topological polar surface area (TPSA) is 91.0 Å². The quantitative estimate of drug-likeness (QED) is 0.661. The molecule has 1 aromatic carbocycles. The van der Waals surface area contributed by atoms with Crippen molar-refractivity contribution in [3.05, 3.63) is 63.3 Å². The largest absolute Gasteiger partial charge is 0.494 e. The second-order valence-electron chi connectivity index (χ2n) is 7.78. The minimum atomic E-state index is -0.299. The first-order valence-electron chi connectivity index (χ1n) is 10.6. The van der Waals surface area contributed by atoms with Crippen molar-refractivity contribution in [3.63, 3.8) is 0 Å². The van der Waals surface area contributed by atoms with Crippen LogP contribution in [0.15, 0.2) is 35.1 Å². The highest BCUT2D eigenvalue weighted by molar-refractivity contribution is 5.90. The van der Waals surface area contributed by atoms with Crippen molar-refractivity contribution in [2.75, 3.05) is 11.9 Å². The number of nitrogens with one attached hydrogen (secondary N) is 1. The molecule has 4 rings (SSSR count). The Balaban J connectivity index is 1.67. The summed E-state index contributed by atoms with van der Waals surface area (Å²) in [5.41, 5.74) is 3.71. The first kappa shape index (κ1) is 20.8. The van der Waals surface area contributed by atoms with Crippen LogP contribution in [0, 0.1) is 13.8 Å². The van der Waals surface area contributed by atoms with Crippen molar-refractivity contribution in [1.82, 2.24) is 19.3 Å². The monoisotopic (exact) mass is 421 g/mol. The van der Waals surface area contributed by atoms with E-state index in [4.69, 9.17) is 9.72 Å². The van der Waals surface area contributed by atoms with Crippen LogP contribution in [0.3, 0.4) is 0 Å². The van der Waals surface area contributed by atoms with Crippen LogP contribution < -0.4 is 15.6 Å². The van der Waals surface area contributed by atoms with Crippen LogP contribution in [-0.4, -0.2) is 31.8 Å². The van der Waals surface area contributed by atoms with E-state index in [2.05, 4.69) is 10.4 Å². The van der Waals surface area contributed by atoms with Gasteiger partial charge in [0.2, 0.25) is 11.9 Å². The Morgan fingerprint density at radius 3 is 2.58 bits per heavy atom. The Labute approximate surface area is 180 Å². The summed E-state index contributed by atoms with van der Waals surface area (Å²) in [7, 11) is 0. The average Bonchev–Trinajstić information content (AvgIpc) is 3.09. The summed E-state index contributed by atoms with van der Waals surface area (Å²) in [5, 5.41) is 7.35. The van der Waals surface area contributed by atoms with E-state index in [1.165, 1.54) is 4.57 Å². The predicted molar refractivity (Wildman–Crippen MR) is 118 cm³/mol. The van der Waals surface area contributed by atoms with Gasteiger partial charge >= 0.3 is 0 Å². The number of anilines is 1.